The molecule has 0 aliphatic heterocycles. The number of phenols is 1. The van der Waals surface area contributed by atoms with E-state index in [9.17, 15) is 9.90 Å². The van der Waals surface area contributed by atoms with Gasteiger partial charge in [0, 0.05) is 5.56 Å². The van der Waals surface area contributed by atoms with E-state index >= 15 is 0 Å². The Labute approximate surface area is 150 Å². The van der Waals surface area contributed by atoms with E-state index < -0.39 is 0 Å². The second-order valence-corrected chi connectivity index (χ2v) is 6.35. The molecule has 0 atom stereocenters. The number of hydrogen-bond acceptors (Lipinski definition) is 4. The third-order valence-corrected chi connectivity index (χ3v) is 4.29. The Kier molecular flexibility index (Phi) is 3.77. The zero-order valence-corrected chi connectivity index (χ0v) is 14.5. The van der Waals surface area contributed by atoms with Gasteiger partial charge < -0.3 is 5.11 Å². The molecule has 0 spiro atoms. The average Bonchev–Trinajstić information content (AvgIpc) is 3.07. The molecule has 4 rings (SSSR count). The molecule has 0 fully saturated rings. The summed E-state index contributed by atoms with van der Waals surface area (Å²) in [5.74, 6) is -0.356. The number of carbonyl (C=O) groups excluding carboxylic acids is 1. The van der Waals surface area contributed by atoms with Crippen molar-refractivity contribution in [3.8, 4) is 11.4 Å². The fourth-order valence-electron chi connectivity index (χ4n) is 2.91. The Bertz CT molecular complexity index is 1090. The van der Waals surface area contributed by atoms with E-state index in [-0.39, 0.29) is 17.1 Å². The number of aromatic hydroxyl groups is 1. The van der Waals surface area contributed by atoms with Gasteiger partial charge in [-0.1, -0.05) is 42.0 Å². The van der Waals surface area contributed by atoms with Gasteiger partial charge in [0.2, 0.25) is 0 Å². The van der Waals surface area contributed by atoms with Gasteiger partial charge in [0.15, 0.2) is 11.5 Å². The summed E-state index contributed by atoms with van der Waals surface area (Å²) < 4.78 is 0. The van der Waals surface area contributed by atoms with Crippen LogP contribution in [0.1, 0.15) is 27.0 Å². The highest BCUT2D eigenvalue weighted by Gasteiger charge is 2.19. The normalized spacial score (nSPS) is 11.0. The van der Waals surface area contributed by atoms with Crippen molar-refractivity contribution >= 4 is 16.8 Å². The minimum Gasteiger partial charge on any atom is -0.505 e. The molecule has 0 amide bonds. The van der Waals surface area contributed by atoms with Gasteiger partial charge in [-0.05, 0) is 43.7 Å². The molecule has 1 N–H and O–H groups in total. The molecule has 5 heteroatoms. The van der Waals surface area contributed by atoms with Crippen LogP contribution in [0.5, 0.6) is 5.75 Å². The number of phenolic OH excluding ortho intramolecular Hbond substituents is 1. The number of rotatable bonds is 3. The molecular formula is C21H17N3O2. The standard InChI is InChI=1S/C21H17N3O2/c1-13-7-9-15(10-8-13)20(25)16-11-14(2)12-19(21(16)26)24-22-17-5-3-4-6-18(17)23-24/h3-12,26H,1-2H3. The van der Waals surface area contributed by atoms with E-state index in [0.717, 1.165) is 22.2 Å². The lowest BCUT2D eigenvalue weighted by atomic mass is 9.99. The highest BCUT2D eigenvalue weighted by Crippen LogP contribution is 2.30. The molecule has 0 saturated heterocycles. The maximum Gasteiger partial charge on any atom is 0.196 e. The molecular weight excluding hydrogens is 326 g/mol. The fourth-order valence-corrected chi connectivity index (χ4v) is 2.91. The van der Waals surface area contributed by atoms with Crippen molar-refractivity contribution < 1.29 is 9.90 Å². The van der Waals surface area contributed by atoms with Crippen molar-refractivity contribution in [2.75, 3.05) is 0 Å². The monoisotopic (exact) mass is 343 g/mol. The summed E-state index contributed by atoms with van der Waals surface area (Å²) in [6.07, 6.45) is 0. The van der Waals surface area contributed by atoms with Gasteiger partial charge in [0.25, 0.3) is 0 Å². The van der Waals surface area contributed by atoms with E-state index in [4.69, 9.17) is 0 Å². The van der Waals surface area contributed by atoms with Crippen LogP contribution in [-0.2, 0) is 0 Å². The molecule has 1 heterocycles. The maximum atomic E-state index is 12.9. The van der Waals surface area contributed by atoms with E-state index in [1.54, 1.807) is 24.3 Å². The smallest absolute Gasteiger partial charge is 0.196 e. The molecule has 0 aliphatic carbocycles. The van der Waals surface area contributed by atoms with Crippen LogP contribution in [0.25, 0.3) is 16.7 Å². The van der Waals surface area contributed by atoms with Crippen molar-refractivity contribution in [2.24, 2.45) is 0 Å². The SMILES string of the molecule is Cc1ccc(C(=O)c2cc(C)cc(-n3nc4ccccc4n3)c2O)cc1. The van der Waals surface area contributed by atoms with Crippen LogP contribution in [0.15, 0.2) is 60.7 Å². The Morgan fingerprint density at radius 2 is 1.50 bits per heavy atom. The second kappa shape index (κ2) is 6.11. The van der Waals surface area contributed by atoms with E-state index in [1.165, 1.54) is 4.80 Å². The Balaban J connectivity index is 1.85. The Hall–Kier alpha value is -3.47. The predicted molar refractivity (Wildman–Crippen MR) is 99.9 cm³/mol. The third-order valence-electron chi connectivity index (χ3n) is 4.29. The number of carbonyl (C=O) groups is 1. The average molecular weight is 343 g/mol. The number of aryl methyl sites for hydroxylation is 2. The van der Waals surface area contributed by atoms with Crippen molar-refractivity contribution in [3.05, 3.63) is 82.9 Å². The zero-order chi connectivity index (χ0) is 18.3. The second-order valence-electron chi connectivity index (χ2n) is 6.35. The van der Waals surface area contributed by atoms with Crippen LogP contribution in [0.4, 0.5) is 0 Å². The molecule has 4 aromatic rings. The first-order chi connectivity index (χ1) is 12.5. The number of fused-ring (bicyclic) bond motifs is 1. The van der Waals surface area contributed by atoms with Gasteiger partial charge in [-0.2, -0.15) is 0 Å². The highest BCUT2D eigenvalue weighted by atomic mass is 16.3. The molecule has 0 bridgehead atoms. The van der Waals surface area contributed by atoms with Gasteiger partial charge in [-0.3, -0.25) is 4.79 Å². The number of aromatic nitrogens is 3. The molecule has 5 nitrogen and oxygen atoms in total. The van der Waals surface area contributed by atoms with Crippen LogP contribution >= 0.6 is 0 Å². The molecule has 0 radical (unpaired) electrons. The summed E-state index contributed by atoms with van der Waals surface area (Å²) in [4.78, 5) is 14.3. The minimum atomic E-state index is -0.232. The van der Waals surface area contributed by atoms with Crippen LogP contribution in [0.3, 0.4) is 0 Å². The van der Waals surface area contributed by atoms with Gasteiger partial charge >= 0.3 is 0 Å². The Morgan fingerprint density at radius 1 is 0.885 bits per heavy atom. The van der Waals surface area contributed by atoms with Gasteiger partial charge in [-0.15, -0.1) is 15.0 Å². The Morgan fingerprint density at radius 3 is 2.12 bits per heavy atom. The summed E-state index contributed by atoms with van der Waals surface area (Å²) >= 11 is 0. The first-order valence-electron chi connectivity index (χ1n) is 8.30. The molecule has 0 aliphatic rings. The van der Waals surface area contributed by atoms with Crippen molar-refractivity contribution in [3.63, 3.8) is 0 Å². The molecule has 26 heavy (non-hydrogen) atoms. The molecule has 1 aromatic heterocycles. The summed E-state index contributed by atoms with van der Waals surface area (Å²) in [6.45, 7) is 3.84. The van der Waals surface area contributed by atoms with E-state index in [2.05, 4.69) is 10.2 Å². The van der Waals surface area contributed by atoms with Crippen molar-refractivity contribution in [2.45, 2.75) is 13.8 Å². The van der Waals surface area contributed by atoms with Crippen LogP contribution in [0, 0.1) is 13.8 Å². The number of hydrogen-bond donors (Lipinski definition) is 1. The van der Waals surface area contributed by atoms with Gasteiger partial charge in [0.1, 0.15) is 16.7 Å². The molecule has 128 valence electrons. The summed E-state index contributed by atoms with van der Waals surface area (Å²) in [6, 6.07) is 18.2. The van der Waals surface area contributed by atoms with Crippen LogP contribution in [0.2, 0.25) is 0 Å². The first-order valence-corrected chi connectivity index (χ1v) is 8.30. The summed E-state index contributed by atoms with van der Waals surface area (Å²) in [5, 5.41) is 19.6. The van der Waals surface area contributed by atoms with E-state index in [1.807, 2.05) is 50.2 Å². The predicted octanol–water partition coefficient (Wildman–Crippen LogP) is 3.97. The zero-order valence-electron chi connectivity index (χ0n) is 14.5. The van der Waals surface area contributed by atoms with Gasteiger partial charge in [-0.25, -0.2) is 0 Å². The van der Waals surface area contributed by atoms with Gasteiger partial charge in [0.05, 0.1) is 5.56 Å². The lowest BCUT2D eigenvalue weighted by Gasteiger charge is -2.10. The van der Waals surface area contributed by atoms with Crippen LogP contribution < -0.4 is 0 Å². The fraction of sp³-hybridized carbons (Fsp3) is 0.0952. The number of ketones is 1. The van der Waals surface area contributed by atoms with Crippen LogP contribution in [-0.4, -0.2) is 25.9 Å². The number of benzene rings is 3. The summed E-state index contributed by atoms with van der Waals surface area (Å²) in [7, 11) is 0. The number of nitrogens with zero attached hydrogens (tertiary/aromatic N) is 3. The topological polar surface area (TPSA) is 68.0 Å². The first kappa shape index (κ1) is 16.0. The maximum absolute atomic E-state index is 12.9. The summed E-state index contributed by atoms with van der Waals surface area (Å²) in [5.41, 5.74) is 4.51. The molecule has 0 saturated carbocycles. The van der Waals surface area contributed by atoms with E-state index in [0.29, 0.717) is 11.3 Å². The van der Waals surface area contributed by atoms with Crippen molar-refractivity contribution in [1.82, 2.24) is 15.0 Å². The lowest BCUT2D eigenvalue weighted by Crippen LogP contribution is -2.07. The highest BCUT2D eigenvalue weighted by molar-refractivity contribution is 6.11. The lowest BCUT2D eigenvalue weighted by molar-refractivity contribution is 0.103. The molecule has 0 unspecified atom stereocenters. The van der Waals surface area contributed by atoms with Crippen molar-refractivity contribution in [1.29, 1.82) is 0 Å². The molecule has 3 aromatic carbocycles. The quantitative estimate of drug-likeness (QED) is 0.572. The largest absolute Gasteiger partial charge is 0.505 e. The minimum absolute atomic E-state index is 0.124. The third kappa shape index (κ3) is 2.73.